The van der Waals surface area contributed by atoms with Crippen LogP contribution in [0.5, 0.6) is 0 Å². The molecule has 3 aromatic rings. The fourth-order valence-electron chi connectivity index (χ4n) is 1.88. The number of benzene rings is 1. The molecule has 0 atom stereocenters. The van der Waals surface area contributed by atoms with Gasteiger partial charge in [0, 0.05) is 17.1 Å². The van der Waals surface area contributed by atoms with Gasteiger partial charge < -0.3 is 10.7 Å². The van der Waals surface area contributed by atoms with E-state index in [2.05, 4.69) is 21.0 Å². The highest BCUT2D eigenvalue weighted by molar-refractivity contribution is 6.04. The number of aromatic nitrogens is 3. The molecule has 2 heterocycles. The molecule has 1 aromatic carbocycles. The molecule has 0 aliphatic heterocycles. The summed E-state index contributed by atoms with van der Waals surface area (Å²) in [6, 6.07) is 6.02. The lowest BCUT2D eigenvalue weighted by atomic mass is 10.1. The first-order chi connectivity index (χ1) is 7.25. The molecule has 0 amide bonds. The van der Waals surface area contributed by atoms with E-state index in [1.54, 1.807) is 0 Å². The Morgan fingerprint density at radius 1 is 1.27 bits per heavy atom. The second-order valence-corrected chi connectivity index (χ2v) is 3.60. The molecule has 74 valence electrons. The first-order valence-corrected chi connectivity index (χ1v) is 4.75. The van der Waals surface area contributed by atoms with Gasteiger partial charge in [0.1, 0.15) is 5.52 Å². The van der Waals surface area contributed by atoms with Crippen LogP contribution in [0, 0.1) is 6.92 Å². The van der Waals surface area contributed by atoms with Gasteiger partial charge in [-0.15, -0.1) is 0 Å². The van der Waals surface area contributed by atoms with Crippen molar-refractivity contribution in [2.24, 2.45) is 0 Å². The average molecular weight is 198 g/mol. The van der Waals surface area contributed by atoms with Crippen LogP contribution in [0.3, 0.4) is 0 Å². The molecule has 4 heteroatoms. The van der Waals surface area contributed by atoms with Gasteiger partial charge in [-0.2, -0.15) is 0 Å². The highest BCUT2D eigenvalue weighted by Crippen LogP contribution is 2.25. The minimum Gasteiger partial charge on any atom is -0.368 e. The lowest BCUT2D eigenvalue weighted by Gasteiger charge is -2.00. The van der Waals surface area contributed by atoms with Gasteiger partial charge in [-0.05, 0) is 30.7 Å². The Hall–Kier alpha value is -2.10. The smallest absolute Gasteiger partial charge is 0.221 e. The minimum absolute atomic E-state index is 0.337. The summed E-state index contributed by atoms with van der Waals surface area (Å²) < 4.78 is 0. The molecule has 0 fully saturated rings. The molecule has 15 heavy (non-hydrogen) atoms. The van der Waals surface area contributed by atoms with Crippen LogP contribution in [-0.2, 0) is 0 Å². The minimum atomic E-state index is 0.337. The third-order valence-corrected chi connectivity index (χ3v) is 2.55. The van der Waals surface area contributed by atoms with E-state index in [9.17, 15) is 0 Å². The first kappa shape index (κ1) is 8.23. The summed E-state index contributed by atoms with van der Waals surface area (Å²) in [5.74, 6) is 0.337. The van der Waals surface area contributed by atoms with Gasteiger partial charge in [0.25, 0.3) is 0 Å². The van der Waals surface area contributed by atoms with Gasteiger partial charge in [-0.3, -0.25) is 0 Å². The second-order valence-electron chi connectivity index (χ2n) is 3.60. The van der Waals surface area contributed by atoms with Gasteiger partial charge in [-0.1, -0.05) is 0 Å². The van der Waals surface area contributed by atoms with E-state index in [-0.39, 0.29) is 0 Å². The molecule has 0 aliphatic rings. The van der Waals surface area contributed by atoms with Crippen LogP contribution in [0.2, 0.25) is 0 Å². The van der Waals surface area contributed by atoms with Crippen LogP contribution in [0.25, 0.3) is 21.9 Å². The third kappa shape index (κ3) is 1.08. The van der Waals surface area contributed by atoms with E-state index in [0.29, 0.717) is 5.95 Å². The standard InChI is InChI=1S/C11H10N4/c1-6-5-8-7(3-2-4-13-8)10-9(6)14-11(12)15-10/h2-5,13H,1H3,(H2,12,14). The van der Waals surface area contributed by atoms with Crippen LogP contribution < -0.4 is 5.73 Å². The number of nitrogens with zero attached hydrogens (tertiary/aromatic N) is 2. The maximum absolute atomic E-state index is 5.62. The Kier molecular flexibility index (Phi) is 1.48. The Balaban J connectivity index is 2.63. The fraction of sp³-hybridized carbons (Fsp3) is 0.0909. The van der Waals surface area contributed by atoms with Gasteiger partial charge in [0.05, 0.1) is 5.52 Å². The largest absolute Gasteiger partial charge is 0.368 e. The number of H-pyrrole nitrogens is 1. The van der Waals surface area contributed by atoms with Gasteiger partial charge >= 0.3 is 0 Å². The van der Waals surface area contributed by atoms with Crippen molar-refractivity contribution in [2.75, 3.05) is 5.73 Å². The van der Waals surface area contributed by atoms with Gasteiger partial charge in [0.2, 0.25) is 5.95 Å². The zero-order valence-electron chi connectivity index (χ0n) is 8.28. The number of hydrogen-bond donors (Lipinski definition) is 2. The van der Waals surface area contributed by atoms with E-state index >= 15 is 0 Å². The van der Waals surface area contributed by atoms with Crippen molar-refractivity contribution >= 4 is 27.9 Å². The number of nitrogen functional groups attached to an aromatic ring is 1. The maximum Gasteiger partial charge on any atom is 0.221 e. The van der Waals surface area contributed by atoms with Crippen molar-refractivity contribution in [1.29, 1.82) is 0 Å². The van der Waals surface area contributed by atoms with Crippen molar-refractivity contribution in [3.05, 3.63) is 30.0 Å². The van der Waals surface area contributed by atoms with Crippen LogP contribution in [-0.4, -0.2) is 15.0 Å². The monoisotopic (exact) mass is 198 g/mol. The van der Waals surface area contributed by atoms with Crippen LogP contribution in [0.15, 0.2) is 24.4 Å². The molecule has 0 radical (unpaired) electrons. The van der Waals surface area contributed by atoms with Crippen molar-refractivity contribution < 1.29 is 0 Å². The number of aryl methyl sites for hydroxylation is 1. The molecule has 2 aromatic heterocycles. The number of pyridine rings is 1. The van der Waals surface area contributed by atoms with Crippen LogP contribution in [0.1, 0.15) is 5.56 Å². The third-order valence-electron chi connectivity index (χ3n) is 2.55. The second kappa shape index (κ2) is 2.70. The Morgan fingerprint density at radius 2 is 2.07 bits per heavy atom. The molecule has 0 bridgehead atoms. The van der Waals surface area contributed by atoms with Crippen molar-refractivity contribution in [1.82, 2.24) is 15.0 Å². The zero-order chi connectivity index (χ0) is 10.4. The Bertz CT molecular complexity index is 654. The highest BCUT2D eigenvalue weighted by atomic mass is 15.0. The van der Waals surface area contributed by atoms with Crippen LogP contribution >= 0.6 is 0 Å². The SMILES string of the molecule is Cc1cc2[nH]cccc2c2nc(N)nc12. The predicted molar refractivity (Wildman–Crippen MR) is 60.5 cm³/mol. The number of rotatable bonds is 0. The molecule has 0 saturated carbocycles. The lowest BCUT2D eigenvalue weighted by Crippen LogP contribution is -1.84. The number of aromatic amines is 1. The fourth-order valence-corrected chi connectivity index (χ4v) is 1.88. The van der Waals surface area contributed by atoms with Crippen molar-refractivity contribution in [3.63, 3.8) is 0 Å². The molecule has 0 unspecified atom stereocenters. The first-order valence-electron chi connectivity index (χ1n) is 4.75. The summed E-state index contributed by atoms with van der Waals surface area (Å²) in [4.78, 5) is 11.6. The van der Waals surface area contributed by atoms with E-state index < -0.39 is 0 Å². The number of imidazole rings is 1. The van der Waals surface area contributed by atoms with Gasteiger partial charge in [0.15, 0.2) is 0 Å². The molecule has 0 spiro atoms. The van der Waals surface area contributed by atoms with E-state index in [1.807, 2.05) is 25.3 Å². The summed E-state index contributed by atoms with van der Waals surface area (Å²) in [6.45, 7) is 2.01. The number of nitrogens with two attached hydrogens (primary N) is 1. The molecule has 3 rings (SSSR count). The molecule has 0 aliphatic carbocycles. The summed E-state index contributed by atoms with van der Waals surface area (Å²) in [6.07, 6.45) is 1.90. The van der Waals surface area contributed by atoms with Crippen molar-refractivity contribution in [3.8, 4) is 0 Å². The highest BCUT2D eigenvalue weighted by Gasteiger charge is 2.08. The van der Waals surface area contributed by atoms with Crippen molar-refractivity contribution in [2.45, 2.75) is 6.92 Å². The Morgan fingerprint density at radius 3 is 2.93 bits per heavy atom. The lowest BCUT2D eigenvalue weighted by molar-refractivity contribution is 1.35. The van der Waals surface area contributed by atoms with Gasteiger partial charge in [-0.25, -0.2) is 9.97 Å². The summed E-state index contributed by atoms with van der Waals surface area (Å²) in [7, 11) is 0. The summed E-state index contributed by atoms with van der Waals surface area (Å²) >= 11 is 0. The maximum atomic E-state index is 5.62. The summed E-state index contributed by atoms with van der Waals surface area (Å²) in [5.41, 5.74) is 9.53. The molecule has 4 nitrogen and oxygen atoms in total. The molecular weight excluding hydrogens is 188 g/mol. The van der Waals surface area contributed by atoms with E-state index in [1.165, 1.54) is 0 Å². The molecule has 0 saturated heterocycles. The zero-order valence-corrected chi connectivity index (χ0v) is 8.28. The average Bonchev–Trinajstić information content (AvgIpc) is 2.61. The van der Waals surface area contributed by atoms with E-state index in [4.69, 9.17) is 5.73 Å². The Labute approximate surface area is 86.1 Å². The quantitative estimate of drug-likeness (QED) is 0.580. The molecular formula is C11H10N4. The topological polar surface area (TPSA) is 67.6 Å². The van der Waals surface area contributed by atoms with E-state index in [0.717, 1.165) is 27.5 Å². The number of nitrogens with one attached hydrogen (secondary N) is 1. The number of fused-ring (bicyclic) bond motifs is 3. The summed E-state index contributed by atoms with van der Waals surface area (Å²) in [5, 5.41) is 1.06. The van der Waals surface area contributed by atoms with Crippen LogP contribution in [0.4, 0.5) is 5.95 Å². The number of hydrogen-bond acceptors (Lipinski definition) is 3. The number of anilines is 1. The normalized spacial score (nSPS) is 11.3. The predicted octanol–water partition coefficient (Wildman–Crippen LogP) is 2.00. The molecule has 3 N–H and O–H groups in total.